The smallest absolute Gasteiger partial charge is 0.191 e. The molecule has 1 aliphatic rings. The number of benzene rings is 1. The molecule has 1 aliphatic heterocycles. The highest BCUT2D eigenvalue weighted by Gasteiger charge is 2.19. The van der Waals surface area contributed by atoms with Gasteiger partial charge in [0.25, 0.3) is 0 Å². The van der Waals surface area contributed by atoms with Crippen molar-refractivity contribution >= 4 is 17.7 Å². The molecule has 0 aliphatic carbocycles. The van der Waals surface area contributed by atoms with Gasteiger partial charge in [0.1, 0.15) is 0 Å². The number of hydrogen-bond donors (Lipinski definition) is 1. The summed E-state index contributed by atoms with van der Waals surface area (Å²) in [6.45, 7) is 7.33. The first-order chi connectivity index (χ1) is 9.57. The number of thioether (sulfide) groups is 1. The molecule has 0 spiro atoms. The predicted molar refractivity (Wildman–Crippen MR) is 89.3 cm³/mol. The van der Waals surface area contributed by atoms with Gasteiger partial charge >= 0.3 is 0 Å². The maximum atomic E-state index is 6.12. The number of aliphatic imine (C=N–C) groups is 1. The van der Waals surface area contributed by atoms with E-state index in [2.05, 4.69) is 54.1 Å². The SMILES string of the molecule is CC(C)(CN=C(N)N1CCSCC1)Cc1ccccc1. The fraction of sp³-hybridized carbons (Fsp3) is 0.562. The monoisotopic (exact) mass is 291 g/mol. The van der Waals surface area contributed by atoms with Crippen molar-refractivity contribution in [2.24, 2.45) is 16.1 Å². The van der Waals surface area contributed by atoms with Crippen molar-refractivity contribution in [3.05, 3.63) is 35.9 Å². The third kappa shape index (κ3) is 4.75. The van der Waals surface area contributed by atoms with E-state index in [1.54, 1.807) is 0 Å². The van der Waals surface area contributed by atoms with Gasteiger partial charge in [-0.15, -0.1) is 0 Å². The summed E-state index contributed by atoms with van der Waals surface area (Å²) in [7, 11) is 0. The molecule has 2 N–H and O–H groups in total. The van der Waals surface area contributed by atoms with Crippen LogP contribution in [-0.2, 0) is 6.42 Å². The van der Waals surface area contributed by atoms with E-state index in [0.29, 0.717) is 5.96 Å². The maximum Gasteiger partial charge on any atom is 0.191 e. The molecule has 20 heavy (non-hydrogen) atoms. The molecule has 1 aromatic rings. The fourth-order valence-corrected chi connectivity index (χ4v) is 3.29. The molecule has 0 aromatic heterocycles. The van der Waals surface area contributed by atoms with Crippen LogP contribution in [0.1, 0.15) is 19.4 Å². The molecule has 0 amide bonds. The van der Waals surface area contributed by atoms with Gasteiger partial charge in [0, 0.05) is 31.1 Å². The topological polar surface area (TPSA) is 41.6 Å². The van der Waals surface area contributed by atoms with E-state index in [9.17, 15) is 0 Å². The summed E-state index contributed by atoms with van der Waals surface area (Å²) >= 11 is 1.99. The van der Waals surface area contributed by atoms with Gasteiger partial charge in [0.05, 0.1) is 0 Å². The Morgan fingerprint density at radius 3 is 2.55 bits per heavy atom. The third-order valence-electron chi connectivity index (χ3n) is 3.53. The molecule has 4 heteroatoms. The molecular weight excluding hydrogens is 266 g/mol. The number of rotatable bonds is 4. The van der Waals surface area contributed by atoms with Crippen LogP contribution in [0.2, 0.25) is 0 Å². The summed E-state index contributed by atoms with van der Waals surface area (Å²) in [5.41, 5.74) is 7.61. The van der Waals surface area contributed by atoms with E-state index in [0.717, 1.165) is 37.6 Å². The summed E-state index contributed by atoms with van der Waals surface area (Å²) in [6, 6.07) is 10.6. The normalized spacial score (nSPS) is 17.3. The van der Waals surface area contributed by atoms with Crippen LogP contribution in [0.4, 0.5) is 0 Å². The molecule has 2 rings (SSSR count). The average Bonchev–Trinajstić information content (AvgIpc) is 2.46. The minimum absolute atomic E-state index is 0.135. The van der Waals surface area contributed by atoms with Gasteiger partial charge < -0.3 is 10.6 Å². The average molecular weight is 291 g/mol. The highest BCUT2D eigenvalue weighted by Crippen LogP contribution is 2.22. The van der Waals surface area contributed by atoms with Crippen LogP contribution < -0.4 is 5.73 Å². The highest BCUT2D eigenvalue weighted by molar-refractivity contribution is 7.99. The van der Waals surface area contributed by atoms with Gasteiger partial charge in [0.15, 0.2) is 5.96 Å². The summed E-state index contributed by atoms with van der Waals surface area (Å²) in [5, 5.41) is 0. The number of nitrogens with two attached hydrogens (primary N) is 1. The Labute approximate surface area is 126 Å². The lowest BCUT2D eigenvalue weighted by Crippen LogP contribution is -2.43. The van der Waals surface area contributed by atoms with Crippen molar-refractivity contribution < 1.29 is 0 Å². The minimum Gasteiger partial charge on any atom is -0.370 e. The standard InChI is InChI=1S/C16H25N3S/c1-16(2,12-14-6-4-3-5-7-14)13-18-15(17)19-8-10-20-11-9-19/h3-7H,8-13H2,1-2H3,(H2,17,18). The van der Waals surface area contributed by atoms with Gasteiger partial charge in [0.2, 0.25) is 0 Å². The number of hydrogen-bond acceptors (Lipinski definition) is 2. The second-order valence-electron chi connectivity index (χ2n) is 6.10. The largest absolute Gasteiger partial charge is 0.370 e. The van der Waals surface area contributed by atoms with Gasteiger partial charge in [-0.25, -0.2) is 0 Å². The van der Waals surface area contributed by atoms with Crippen molar-refractivity contribution in [3.8, 4) is 0 Å². The lowest BCUT2D eigenvalue weighted by Gasteiger charge is -2.29. The second kappa shape index (κ2) is 7.02. The van der Waals surface area contributed by atoms with E-state index in [1.807, 2.05) is 11.8 Å². The molecular formula is C16H25N3S. The first-order valence-corrected chi connectivity index (χ1v) is 8.39. The molecule has 1 heterocycles. The van der Waals surface area contributed by atoms with Crippen LogP contribution in [0.3, 0.4) is 0 Å². The van der Waals surface area contributed by atoms with Crippen molar-refractivity contribution in [2.75, 3.05) is 31.1 Å². The molecule has 0 radical (unpaired) electrons. The van der Waals surface area contributed by atoms with Crippen LogP contribution in [0.5, 0.6) is 0 Å². The fourth-order valence-electron chi connectivity index (χ4n) is 2.39. The third-order valence-corrected chi connectivity index (χ3v) is 4.47. The zero-order valence-corrected chi connectivity index (χ0v) is 13.3. The van der Waals surface area contributed by atoms with E-state index >= 15 is 0 Å². The Morgan fingerprint density at radius 1 is 1.25 bits per heavy atom. The maximum absolute atomic E-state index is 6.12. The first-order valence-electron chi connectivity index (χ1n) is 7.23. The molecule has 0 atom stereocenters. The molecule has 3 nitrogen and oxygen atoms in total. The summed E-state index contributed by atoms with van der Waals surface area (Å²) < 4.78 is 0. The van der Waals surface area contributed by atoms with Crippen LogP contribution in [0.25, 0.3) is 0 Å². The van der Waals surface area contributed by atoms with Gasteiger partial charge in [-0.2, -0.15) is 11.8 Å². The molecule has 110 valence electrons. The van der Waals surface area contributed by atoms with E-state index in [4.69, 9.17) is 5.73 Å². The van der Waals surface area contributed by atoms with Crippen LogP contribution in [-0.4, -0.2) is 42.0 Å². The molecule has 1 saturated heterocycles. The zero-order valence-electron chi connectivity index (χ0n) is 12.5. The molecule has 0 saturated carbocycles. The Hall–Kier alpha value is -1.16. The van der Waals surface area contributed by atoms with E-state index in [-0.39, 0.29) is 5.41 Å². The summed E-state index contributed by atoms with van der Waals surface area (Å²) in [4.78, 5) is 6.83. The highest BCUT2D eigenvalue weighted by atomic mass is 32.2. The predicted octanol–water partition coefficient (Wildman–Crippen LogP) is 2.62. The van der Waals surface area contributed by atoms with Crippen molar-refractivity contribution in [2.45, 2.75) is 20.3 Å². The lowest BCUT2D eigenvalue weighted by molar-refractivity contribution is 0.372. The second-order valence-corrected chi connectivity index (χ2v) is 7.33. The number of nitrogens with zero attached hydrogens (tertiary/aromatic N) is 2. The van der Waals surface area contributed by atoms with Crippen molar-refractivity contribution in [3.63, 3.8) is 0 Å². The Balaban J connectivity index is 1.90. The Kier molecular flexibility index (Phi) is 5.35. The molecule has 1 aromatic carbocycles. The molecule has 1 fully saturated rings. The van der Waals surface area contributed by atoms with Gasteiger partial charge in [-0.1, -0.05) is 44.2 Å². The molecule has 0 bridgehead atoms. The Bertz CT molecular complexity index is 436. The van der Waals surface area contributed by atoms with E-state index in [1.165, 1.54) is 5.56 Å². The lowest BCUT2D eigenvalue weighted by atomic mass is 9.86. The minimum atomic E-state index is 0.135. The first kappa shape index (κ1) is 15.2. The van der Waals surface area contributed by atoms with Crippen LogP contribution in [0.15, 0.2) is 35.3 Å². The van der Waals surface area contributed by atoms with Crippen LogP contribution in [0, 0.1) is 5.41 Å². The van der Waals surface area contributed by atoms with Crippen LogP contribution >= 0.6 is 11.8 Å². The van der Waals surface area contributed by atoms with E-state index < -0.39 is 0 Å². The quantitative estimate of drug-likeness (QED) is 0.685. The van der Waals surface area contributed by atoms with Crippen molar-refractivity contribution in [1.82, 2.24) is 4.90 Å². The molecule has 0 unspecified atom stereocenters. The van der Waals surface area contributed by atoms with Crippen molar-refractivity contribution in [1.29, 1.82) is 0 Å². The van der Waals surface area contributed by atoms with Gasteiger partial charge in [-0.05, 0) is 17.4 Å². The summed E-state index contributed by atoms with van der Waals surface area (Å²) in [5.74, 6) is 3.03. The zero-order chi connectivity index (χ0) is 14.4. The van der Waals surface area contributed by atoms with Gasteiger partial charge in [-0.3, -0.25) is 4.99 Å². The number of guanidine groups is 1. The Morgan fingerprint density at radius 2 is 1.90 bits per heavy atom. The summed E-state index contributed by atoms with van der Waals surface area (Å²) in [6.07, 6.45) is 1.03.